The van der Waals surface area contributed by atoms with Crippen molar-refractivity contribution in [2.75, 3.05) is 0 Å². The van der Waals surface area contributed by atoms with Crippen molar-refractivity contribution in [1.82, 2.24) is 4.98 Å². The second kappa shape index (κ2) is 4.14. The maximum absolute atomic E-state index is 10.5. The summed E-state index contributed by atoms with van der Waals surface area (Å²) in [5.41, 5.74) is 2.86. The van der Waals surface area contributed by atoms with Crippen LogP contribution in [0.15, 0.2) is 28.7 Å². The van der Waals surface area contributed by atoms with Crippen LogP contribution in [0.1, 0.15) is 11.3 Å². The van der Waals surface area contributed by atoms with Gasteiger partial charge in [-0.25, -0.2) is 4.79 Å². The topological polar surface area (TPSA) is 53.1 Å². The van der Waals surface area contributed by atoms with Crippen molar-refractivity contribution in [2.24, 2.45) is 0 Å². The Labute approximate surface area is 101 Å². The molecule has 0 fully saturated rings. The molecule has 4 heteroatoms. The highest BCUT2D eigenvalue weighted by Gasteiger charge is 2.07. The number of H-pyrrole nitrogens is 1. The number of aliphatic carboxylic acids is 1. The van der Waals surface area contributed by atoms with E-state index in [1.54, 1.807) is 6.08 Å². The van der Waals surface area contributed by atoms with Gasteiger partial charge in [0, 0.05) is 21.6 Å². The molecule has 0 aliphatic rings. The van der Waals surface area contributed by atoms with Crippen LogP contribution in [0.3, 0.4) is 0 Å². The molecule has 2 aromatic rings. The number of carbonyl (C=O) groups is 1. The van der Waals surface area contributed by atoms with E-state index in [-0.39, 0.29) is 0 Å². The Kier molecular flexibility index (Phi) is 2.83. The number of carboxylic acid groups (broad SMARTS) is 1. The van der Waals surface area contributed by atoms with Gasteiger partial charge in [0.15, 0.2) is 0 Å². The van der Waals surface area contributed by atoms with Gasteiger partial charge in [0.2, 0.25) is 0 Å². The number of carboxylic acids is 1. The fourth-order valence-corrected chi connectivity index (χ4v) is 2.12. The average molecular weight is 280 g/mol. The minimum atomic E-state index is -0.947. The van der Waals surface area contributed by atoms with Gasteiger partial charge < -0.3 is 10.1 Å². The normalized spacial score (nSPS) is 11.4. The lowest BCUT2D eigenvalue weighted by Gasteiger charge is -1.92. The lowest BCUT2D eigenvalue weighted by molar-refractivity contribution is -0.131. The van der Waals surface area contributed by atoms with E-state index in [9.17, 15) is 4.79 Å². The van der Waals surface area contributed by atoms with Crippen molar-refractivity contribution in [3.8, 4) is 0 Å². The van der Waals surface area contributed by atoms with Crippen LogP contribution in [-0.2, 0) is 4.79 Å². The molecule has 16 heavy (non-hydrogen) atoms. The summed E-state index contributed by atoms with van der Waals surface area (Å²) in [5, 5.41) is 9.68. The predicted molar refractivity (Wildman–Crippen MR) is 67.4 cm³/mol. The number of hydrogen-bond acceptors (Lipinski definition) is 1. The van der Waals surface area contributed by atoms with E-state index < -0.39 is 5.97 Å². The number of aryl methyl sites for hydroxylation is 1. The van der Waals surface area contributed by atoms with Crippen LogP contribution < -0.4 is 0 Å². The summed E-state index contributed by atoms with van der Waals surface area (Å²) >= 11 is 3.45. The smallest absolute Gasteiger partial charge is 0.328 e. The number of para-hydroxylation sites is 1. The summed E-state index contributed by atoms with van der Waals surface area (Å²) in [7, 11) is 0. The zero-order valence-corrected chi connectivity index (χ0v) is 10.2. The lowest BCUT2D eigenvalue weighted by Crippen LogP contribution is -1.86. The van der Waals surface area contributed by atoms with Crippen molar-refractivity contribution >= 4 is 38.9 Å². The van der Waals surface area contributed by atoms with E-state index in [2.05, 4.69) is 20.9 Å². The van der Waals surface area contributed by atoms with Gasteiger partial charge in [0.05, 0.1) is 5.52 Å². The third-order valence-electron chi connectivity index (χ3n) is 2.47. The van der Waals surface area contributed by atoms with E-state index in [4.69, 9.17) is 5.11 Å². The van der Waals surface area contributed by atoms with Crippen LogP contribution in [0.5, 0.6) is 0 Å². The first-order valence-corrected chi connectivity index (χ1v) is 5.56. The predicted octanol–water partition coefficient (Wildman–Crippen LogP) is 3.34. The molecule has 0 bridgehead atoms. The first kappa shape index (κ1) is 11.0. The van der Waals surface area contributed by atoms with Gasteiger partial charge in [-0.2, -0.15) is 0 Å². The number of nitrogens with one attached hydrogen (secondary N) is 1. The molecule has 0 saturated carbocycles. The Balaban J connectivity index is 2.60. The van der Waals surface area contributed by atoms with Gasteiger partial charge >= 0.3 is 5.97 Å². The fraction of sp³-hybridized carbons (Fsp3) is 0.0833. The molecule has 82 valence electrons. The molecule has 0 atom stereocenters. The van der Waals surface area contributed by atoms with Gasteiger partial charge in [-0.1, -0.05) is 12.1 Å². The second-order valence-electron chi connectivity index (χ2n) is 3.50. The standard InChI is InChI=1S/C12H10BrNO2/c1-7-8-3-2-4-9(13)12(8)14-10(7)5-6-11(15)16/h2-6,14H,1H3,(H,15,16)/b6-5+. The highest BCUT2D eigenvalue weighted by Crippen LogP contribution is 2.28. The Bertz CT molecular complexity index is 584. The number of hydrogen-bond donors (Lipinski definition) is 2. The molecule has 3 nitrogen and oxygen atoms in total. The monoisotopic (exact) mass is 279 g/mol. The maximum Gasteiger partial charge on any atom is 0.328 e. The number of aromatic nitrogens is 1. The molecular formula is C12H10BrNO2. The summed E-state index contributed by atoms with van der Waals surface area (Å²) in [5.74, 6) is -0.947. The van der Waals surface area contributed by atoms with E-state index in [1.165, 1.54) is 0 Å². The van der Waals surface area contributed by atoms with Crippen LogP contribution in [0.25, 0.3) is 17.0 Å². The van der Waals surface area contributed by atoms with Crippen molar-refractivity contribution < 1.29 is 9.90 Å². The molecule has 0 radical (unpaired) electrons. The van der Waals surface area contributed by atoms with Crippen molar-refractivity contribution in [2.45, 2.75) is 6.92 Å². The number of benzene rings is 1. The van der Waals surface area contributed by atoms with Crippen LogP contribution in [-0.4, -0.2) is 16.1 Å². The molecule has 0 unspecified atom stereocenters. The maximum atomic E-state index is 10.5. The summed E-state index contributed by atoms with van der Waals surface area (Å²) in [6.07, 6.45) is 2.70. The molecule has 0 amide bonds. The zero-order chi connectivity index (χ0) is 11.7. The zero-order valence-electron chi connectivity index (χ0n) is 8.62. The third-order valence-corrected chi connectivity index (χ3v) is 3.13. The summed E-state index contributed by atoms with van der Waals surface area (Å²) in [6.45, 7) is 1.97. The molecule has 2 N–H and O–H groups in total. The summed E-state index contributed by atoms with van der Waals surface area (Å²) < 4.78 is 0.975. The summed E-state index contributed by atoms with van der Waals surface area (Å²) in [4.78, 5) is 13.6. The lowest BCUT2D eigenvalue weighted by atomic mass is 10.1. The van der Waals surface area contributed by atoms with Crippen molar-refractivity contribution in [3.05, 3.63) is 40.0 Å². The molecule has 1 aromatic heterocycles. The quantitative estimate of drug-likeness (QED) is 0.829. The first-order chi connectivity index (χ1) is 7.59. The number of halogens is 1. The molecule has 1 aromatic carbocycles. The number of fused-ring (bicyclic) bond motifs is 1. The van der Waals surface area contributed by atoms with E-state index in [0.717, 1.165) is 32.7 Å². The molecule has 2 rings (SSSR count). The largest absolute Gasteiger partial charge is 0.478 e. The molecule has 0 spiro atoms. The van der Waals surface area contributed by atoms with Gasteiger partial charge in [-0.3, -0.25) is 0 Å². The number of rotatable bonds is 2. The Morgan fingerprint density at radius 1 is 1.50 bits per heavy atom. The van der Waals surface area contributed by atoms with Gasteiger partial charge in [-0.15, -0.1) is 0 Å². The Morgan fingerprint density at radius 3 is 2.88 bits per heavy atom. The molecule has 0 saturated heterocycles. The Hall–Kier alpha value is -1.55. The highest BCUT2D eigenvalue weighted by molar-refractivity contribution is 9.10. The highest BCUT2D eigenvalue weighted by atomic mass is 79.9. The number of aromatic amines is 1. The Morgan fingerprint density at radius 2 is 2.25 bits per heavy atom. The third kappa shape index (κ3) is 1.88. The van der Waals surface area contributed by atoms with Crippen LogP contribution in [0.2, 0.25) is 0 Å². The van der Waals surface area contributed by atoms with Gasteiger partial charge in [0.1, 0.15) is 0 Å². The summed E-state index contributed by atoms with van der Waals surface area (Å²) in [6, 6.07) is 5.91. The van der Waals surface area contributed by atoms with Gasteiger partial charge in [0.25, 0.3) is 0 Å². The second-order valence-corrected chi connectivity index (χ2v) is 4.35. The molecule has 0 aliphatic heterocycles. The minimum Gasteiger partial charge on any atom is -0.478 e. The van der Waals surface area contributed by atoms with E-state index in [0.29, 0.717) is 0 Å². The van der Waals surface area contributed by atoms with Crippen molar-refractivity contribution in [3.63, 3.8) is 0 Å². The molecular weight excluding hydrogens is 270 g/mol. The SMILES string of the molecule is Cc1c(/C=C/C(=O)O)[nH]c2c(Br)cccc12. The van der Waals surface area contributed by atoms with Crippen molar-refractivity contribution in [1.29, 1.82) is 0 Å². The average Bonchev–Trinajstić information content (AvgIpc) is 2.55. The van der Waals surface area contributed by atoms with Crippen LogP contribution in [0, 0.1) is 6.92 Å². The van der Waals surface area contributed by atoms with Crippen LogP contribution in [0.4, 0.5) is 0 Å². The minimum absolute atomic E-state index is 0.823. The molecule has 0 aliphatic carbocycles. The van der Waals surface area contributed by atoms with Gasteiger partial charge in [-0.05, 0) is 40.6 Å². The molecule has 1 heterocycles. The fourth-order valence-electron chi connectivity index (χ4n) is 1.66. The van der Waals surface area contributed by atoms with E-state index in [1.807, 2.05) is 25.1 Å². The van der Waals surface area contributed by atoms with Crippen LogP contribution >= 0.6 is 15.9 Å². The first-order valence-electron chi connectivity index (χ1n) is 4.77. The van der Waals surface area contributed by atoms with E-state index >= 15 is 0 Å².